The molecular weight excluding hydrogens is 267 g/mol. The molecule has 0 bridgehead atoms. The van der Waals surface area contributed by atoms with Crippen molar-refractivity contribution in [2.45, 2.75) is 6.92 Å². The van der Waals surface area contributed by atoms with E-state index in [0.29, 0.717) is 5.69 Å². The number of anilines is 2. The van der Waals surface area contributed by atoms with Crippen LogP contribution in [0, 0.1) is 5.82 Å². The number of carbonyl (C=O) groups excluding carboxylic acids is 1. The topological polar surface area (TPSA) is 55.6 Å². The van der Waals surface area contributed by atoms with E-state index >= 15 is 0 Å². The predicted octanol–water partition coefficient (Wildman–Crippen LogP) is 2.14. The van der Waals surface area contributed by atoms with Crippen molar-refractivity contribution in [3.8, 4) is 0 Å². The van der Waals surface area contributed by atoms with Crippen LogP contribution in [0.4, 0.5) is 15.8 Å². The van der Waals surface area contributed by atoms with Crippen LogP contribution < -0.4 is 10.6 Å². The number of nitrogen functional groups attached to an aromatic ring is 1. The van der Waals surface area contributed by atoms with Gasteiger partial charge in [0.15, 0.2) is 0 Å². The number of nitrogens with zero attached hydrogens (tertiary/aromatic N) is 1. The van der Waals surface area contributed by atoms with Gasteiger partial charge in [-0.1, -0.05) is 0 Å². The number of carbonyl (C=O) groups is 1. The second-order valence-electron chi connectivity index (χ2n) is 4.21. The molecule has 0 aliphatic carbocycles. The first-order chi connectivity index (χ1) is 9.13. The minimum Gasteiger partial charge on any atom is -0.462 e. The van der Waals surface area contributed by atoms with Gasteiger partial charge in [0.25, 0.3) is 0 Å². The average Bonchev–Trinajstić information content (AvgIpc) is 2.40. The lowest BCUT2D eigenvalue weighted by atomic mass is 10.1. The molecule has 1 aliphatic heterocycles. The van der Waals surface area contributed by atoms with Gasteiger partial charge in [-0.2, -0.15) is 11.8 Å². The number of benzene rings is 1. The van der Waals surface area contributed by atoms with Crippen molar-refractivity contribution in [3.05, 3.63) is 23.5 Å². The van der Waals surface area contributed by atoms with Crippen LogP contribution in [0.3, 0.4) is 0 Å². The Morgan fingerprint density at radius 3 is 2.79 bits per heavy atom. The van der Waals surface area contributed by atoms with Crippen molar-refractivity contribution in [2.24, 2.45) is 0 Å². The molecule has 1 heterocycles. The molecule has 0 saturated carbocycles. The fraction of sp³-hybridized carbons (Fsp3) is 0.462. The standard InChI is InChI=1S/C13H17FN2O2S/c1-2-18-13(17)9-7-12(10(14)8-11(9)15)16-3-5-19-6-4-16/h7-8H,2-6,15H2,1H3. The molecule has 1 aromatic rings. The molecule has 1 saturated heterocycles. The Morgan fingerprint density at radius 1 is 1.47 bits per heavy atom. The molecule has 6 heteroatoms. The van der Waals surface area contributed by atoms with E-state index in [4.69, 9.17) is 10.5 Å². The van der Waals surface area contributed by atoms with E-state index in [1.165, 1.54) is 12.1 Å². The molecule has 4 nitrogen and oxygen atoms in total. The van der Waals surface area contributed by atoms with Crippen molar-refractivity contribution in [2.75, 3.05) is 41.8 Å². The third-order valence-corrected chi connectivity index (χ3v) is 3.91. The summed E-state index contributed by atoms with van der Waals surface area (Å²) in [5, 5.41) is 0. The van der Waals surface area contributed by atoms with Crippen molar-refractivity contribution in [3.63, 3.8) is 0 Å². The van der Waals surface area contributed by atoms with E-state index in [-0.39, 0.29) is 17.9 Å². The Labute approximate surface area is 116 Å². The number of halogens is 1. The maximum atomic E-state index is 14.0. The lowest BCUT2D eigenvalue weighted by molar-refractivity contribution is 0.0527. The van der Waals surface area contributed by atoms with E-state index < -0.39 is 11.8 Å². The monoisotopic (exact) mass is 284 g/mol. The molecular formula is C13H17FN2O2S. The molecule has 1 fully saturated rings. The highest BCUT2D eigenvalue weighted by Crippen LogP contribution is 2.28. The number of ether oxygens (including phenoxy) is 1. The lowest BCUT2D eigenvalue weighted by Crippen LogP contribution is -2.33. The fourth-order valence-corrected chi connectivity index (χ4v) is 2.91. The second-order valence-corrected chi connectivity index (χ2v) is 5.44. The largest absolute Gasteiger partial charge is 0.462 e. The number of rotatable bonds is 3. The lowest BCUT2D eigenvalue weighted by Gasteiger charge is -2.29. The second kappa shape index (κ2) is 6.14. The molecule has 1 aromatic carbocycles. The van der Waals surface area contributed by atoms with Gasteiger partial charge in [-0.25, -0.2) is 9.18 Å². The van der Waals surface area contributed by atoms with E-state index in [9.17, 15) is 9.18 Å². The van der Waals surface area contributed by atoms with Gasteiger partial charge in [-0.05, 0) is 19.1 Å². The van der Waals surface area contributed by atoms with Gasteiger partial charge in [0, 0.05) is 30.3 Å². The number of nitrogens with two attached hydrogens (primary N) is 1. The minimum atomic E-state index is -0.507. The Hall–Kier alpha value is -1.43. The van der Waals surface area contributed by atoms with Crippen molar-refractivity contribution < 1.29 is 13.9 Å². The summed E-state index contributed by atoms with van der Waals surface area (Å²) >= 11 is 1.84. The van der Waals surface area contributed by atoms with Crippen LogP contribution in [0.1, 0.15) is 17.3 Å². The molecule has 0 atom stereocenters. The number of thioether (sulfide) groups is 1. The van der Waals surface area contributed by atoms with Crippen LogP contribution in [0.2, 0.25) is 0 Å². The molecule has 0 unspecified atom stereocenters. The highest BCUT2D eigenvalue weighted by Gasteiger charge is 2.20. The van der Waals surface area contributed by atoms with Crippen LogP contribution in [-0.4, -0.2) is 37.2 Å². The maximum Gasteiger partial charge on any atom is 0.340 e. The maximum absolute atomic E-state index is 14.0. The number of esters is 1. The molecule has 2 rings (SSSR count). The zero-order valence-electron chi connectivity index (χ0n) is 10.8. The summed E-state index contributed by atoms with van der Waals surface area (Å²) in [4.78, 5) is 13.7. The Balaban J connectivity index is 2.32. The van der Waals surface area contributed by atoms with Gasteiger partial charge in [-0.15, -0.1) is 0 Å². The summed E-state index contributed by atoms with van der Waals surface area (Å²) in [6.07, 6.45) is 0. The van der Waals surface area contributed by atoms with Crippen LogP contribution >= 0.6 is 11.8 Å². The Morgan fingerprint density at radius 2 is 2.16 bits per heavy atom. The molecule has 2 N–H and O–H groups in total. The summed E-state index contributed by atoms with van der Waals surface area (Å²) in [5.74, 6) is 1.02. The van der Waals surface area contributed by atoms with Crippen LogP contribution in [0.25, 0.3) is 0 Å². The smallest absolute Gasteiger partial charge is 0.340 e. The van der Waals surface area contributed by atoms with Gasteiger partial charge in [-0.3, -0.25) is 0 Å². The third kappa shape index (κ3) is 3.12. The molecule has 0 aromatic heterocycles. The molecule has 19 heavy (non-hydrogen) atoms. The highest BCUT2D eigenvalue weighted by molar-refractivity contribution is 7.99. The van der Waals surface area contributed by atoms with Crippen LogP contribution in [-0.2, 0) is 4.74 Å². The Kier molecular flexibility index (Phi) is 4.52. The van der Waals surface area contributed by atoms with Gasteiger partial charge < -0.3 is 15.4 Å². The predicted molar refractivity (Wildman–Crippen MR) is 76.3 cm³/mol. The van der Waals surface area contributed by atoms with Crippen LogP contribution in [0.15, 0.2) is 12.1 Å². The molecule has 104 valence electrons. The van der Waals surface area contributed by atoms with Crippen molar-refractivity contribution >= 4 is 29.1 Å². The SMILES string of the molecule is CCOC(=O)c1cc(N2CCSCC2)c(F)cc1N. The molecule has 1 aliphatic rings. The fourth-order valence-electron chi connectivity index (χ4n) is 2.01. The zero-order chi connectivity index (χ0) is 13.8. The number of hydrogen-bond acceptors (Lipinski definition) is 5. The quantitative estimate of drug-likeness (QED) is 0.681. The van der Waals surface area contributed by atoms with E-state index in [1.807, 2.05) is 16.7 Å². The highest BCUT2D eigenvalue weighted by atomic mass is 32.2. The first-order valence-electron chi connectivity index (χ1n) is 6.22. The van der Waals surface area contributed by atoms with Gasteiger partial charge in [0.1, 0.15) is 5.82 Å². The van der Waals surface area contributed by atoms with Gasteiger partial charge in [0.05, 0.1) is 17.9 Å². The van der Waals surface area contributed by atoms with Crippen molar-refractivity contribution in [1.82, 2.24) is 0 Å². The van der Waals surface area contributed by atoms with Gasteiger partial charge >= 0.3 is 5.97 Å². The molecule has 0 radical (unpaired) electrons. The normalized spacial score (nSPS) is 15.4. The van der Waals surface area contributed by atoms with Gasteiger partial charge in [0.2, 0.25) is 0 Å². The summed E-state index contributed by atoms with van der Waals surface area (Å²) < 4.78 is 18.9. The first-order valence-corrected chi connectivity index (χ1v) is 7.37. The van der Waals surface area contributed by atoms with E-state index in [2.05, 4.69) is 0 Å². The van der Waals surface area contributed by atoms with E-state index in [0.717, 1.165) is 24.6 Å². The summed E-state index contributed by atoms with van der Waals surface area (Å²) in [7, 11) is 0. The average molecular weight is 284 g/mol. The molecule has 0 amide bonds. The number of hydrogen-bond donors (Lipinski definition) is 1. The van der Waals surface area contributed by atoms with Crippen LogP contribution in [0.5, 0.6) is 0 Å². The zero-order valence-corrected chi connectivity index (χ0v) is 11.6. The summed E-state index contributed by atoms with van der Waals surface area (Å²) in [6, 6.07) is 2.70. The summed E-state index contributed by atoms with van der Waals surface area (Å²) in [6.45, 7) is 3.53. The minimum absolute atomic E-state index is 0.117. The first kappa shape index (κ1) is 14.0. The summed E-state index contributed by atoms with van der Waals surface area (Å²) in [5.41, 5.74) is 6.47. The molecule has 0 spiro atoms. The van der Waals surface area contributed by atoms with E-state index in [1.54, 1.807) is 6.92 Å². The van der Waals surface area contributed by atoms with Crippen molar-refractivity contribution in [1.29, 1.82) is 0 Å². The Bertz CT molecular complexity index is 476. The third-order valence-electron chi connectivity index (χ3n) is 2.97.